The Morgan fingerprint density at radius 2 is 2.10 bits per heavy atom. The second-order valence-electron chi connectivity index (χ2n) is 1.73. The highest BCUT2D eigenvalue weighted by molar-refractivity contribution is 5.76. The highest BCUT2D eigenvalue weighted by Gasteiger charge is 2.05. The summed E-state index contributed by atoms with van der Waals surface area (Å²) >= 11 is 0. The lowest BCUT2D eigenvalue weighted by Crippen LogP contribution is -2.29. The lowest BCUT2D eigenvalue weighted by molar-refractivity contribution is -0.124. The molecule has 1 amide bonds. The first-order chi connectivity index (χ1) is 4.70. The minimum Gasteiger partial charge on any atom is -0.394 e. The SMILES string of the molecule is O=C(CO)[N]CC(O)CO. The number of aliphatic hydroxyl groups excluding tert-OH is 3. The Hall–Kier alpha value is -0.650. The van der Waals surface area contributed by atoms with E-state index in [1.165, 1.54) is 0 Å². The van der Waals surface area contributed by atoms with Crippen molar-refractivity contribution in [3.63, 3.8) is 0 Å². The van der Waals surface area contributed by atoms with Crippen molar-refractivity contribution in [2.45, 2.75) is 6.10 Å². The molecule has 5 heteroatoms. The molecule has 0 aliphatic carbocycles. The zero-order valence-corrected chi connectivity index (χ0v) is 5.40. The quantitative estimate of drug-likeness (QED) is 0.409. The molecular weight excluding hydrogens is 138 g/mol. The predicted molar refractivity (Wildman–Crippen MR) is 32.2 cm³/mol. The predicted octanol–water partition coefficient (Wildman–Crippen LogP) is -2.54. The molecule has 0 aliphatic rings. The Bertz CT molecular complexity index is 106. The van der Waals surface area contributed by atoms with Crippen molar-refractivity contribution in [3.8, 4) is 0 Å². The van der Waals surface area contributed by atoms with Crippen molar-refractivity contribution < 1.29 is 20.1 Å². The van der Waals surface area contributed by atoms with Gasteiger partial charge in [-0.05, 0) is 0 Å². The van der Waals surface area contributed by atoms with Gasteiger partial charge >= 0.3 is 0 Å². The van der Waals surface area contributed by atoms with Crippen LogP contribution < -0.4 is 5.32 Å². The highest BCUT2D eigenvalue weighted by Crippen LogP contribution is 1.77. The van der Waals surface area contributed by atoms with Gasteiger partial charge in [-0.2, -0.15) is 0 Å². The second-order valence-corrected chi connectivity index (χ2v) is 1.73. The molecule has 1 radical (unpaired) electrons. The van der Waals surface area contributed by atoms with Gasteiger partial charge in [0.25, 0.3) is 5.91 Å². The van der Waals surface area contributed by atoms with Crippen molar-refractivity contribution in [2.75, 3.05) is 19.8 Å². The topological polar surface area (TPSA) is 91.9 Å². The molecule has 0 saturated heterocycles. The van der Waals surface area contributed by atoms with Gasteiger partial charge in [-0.15, -0.1) is 0 Å². The molecule has 0 bridgehead atoms. The standard InChI is InChI=1S/C5H10NO4/c7-2-4(9)1-6-5(10)3-8/h4,7-9H,1-3H2. The molecule has 1 unspecified atom stereocenters. The Morgan fingerprint density at radius 1 is 1.50 bits per heavy atom. The summed E-state index contributed by atoms with van der Waals surface area (Å²) in [4.78, 5) is 10.2. The third-order valence-corrected chi connectivity index (χ3v) is 0.824. The van der Waals surface area contributed by atoms with E-state index < -0.39 is 25.2 Å². The molecule has 3 N–H and O–H groups in total. The summed E-state index contributed by atoms with van der Waals surface area (Å²) in [7, 11) is 0. The van der Waals surface area contributed by atoms with Crippen LogP contribution in [0.2, 0.25) is 0 Å². The molecule has 5 nitrogen and oxygen atoms in total. The van der Waals surface area contributed by atoms with E-state index in [0.717, 1.165) is 0 Å². The van der Waals surface area contributed by atoms with Crippen molar-refractivity contribution in [2.24, 2.45) is 0 Å². The largest absolute Gasteiger partial charge is 0.394 e. The minimum absolute atomic E-state index is 0.157. The summed E-state index contributed by atoms with van der Waals surface area (Å²) in [6.45, 7) is -1.24. The van der Waals surface area contributed by atoms with Crippen LogP contribution in [0.4, 0.5) is 0 Å². The molecule has 0 aromatic carbocycles. The minimum atomic E-state index is -1.00. The van der Waals surface area contributed by atoms with Crippen molar-refractivity contribution in [1.82, 2.24) is 5.32 Å². The first-order valence-corrected chi connectivity index (χ1v) is 2.80. The van der Waals surface area contributed by atoms with Crippen LogP contribution in [0.3, 0.4) is 0 Å². The first-order valence-electron chi connectivity index (χ1n) is 2.80. The summed E-state index contributed by atoms with van der Waals surface area (Å²) in [5, 5.41) is 28.2. The number of hydrogen-bond acceptors (Lipinski definition) is 4. The molecule has 0 rings (SSSR count). The number of nitrogens with zero attached hydrogens (tertiary/aromatic N) is 1. The second kappa shape index (κ2) is 5.16. The van der Waals surface area contributed by atoms with Crippen LogP contribution in [0.5, 0.6) is 0 Å². The van der Waals surface area contributed by atoms with E-state index in [2.05, 4.69) is 5.32 Å². The van der Waals surface area contributed by atoms with E-state index in [9.17, 15) is 4.79 Å². The van der Waals surface area contributed by atoms with Crippen LogP contribution in [0.25, 0.3) is 0 Å². The van der Waals surface area contributed by atoms with Crippen LogP contribution in [-0.4, -0.2) is 47.1 Å². The van der Waals surface area contributed by atoms with Gasteiger partial charge in [0.05, 0.1) is 19.3 Å². The Labute approximate surface area is 58.3 Å². The summed E-state index contributed by atoms with van der Waals surface area (Å²) in [6, 6.07) is 0. The van der Waals surface area contributed by atoms with Gasteiger partial charge < -0.3 is 15.3 Å². The fourth-order valence-electron chi connectivity index (χ4n) is 0.315. The van der Waals surface area contributed by atoms with E-state index in [0.29, 0.717) is 0 Å². The third-order valence-electron chi connectivity index (χ3n) is 0.824. The van der Waals surface area contributed by atoms with Gasteiger partial charge in [0, 0.05) is 0 Å². The molecule has 0 aromatic rings. The molecule has 0 aliphatic heterocycles. The zero-order chi connectivity index (χ0) is 7.98. The molecular formula is C5H10NO4. The van der Waals surface area contributed by atoms with E-state index in [1.807, 2.05) is 0 Å². The molecule has 0 fully saturated rings. The summed E-state index contributed by atoms with van der Waals surface area (Å²) in [6.07, 6.45) is -1.00. The highest BCUT2D eigenvalue weighted by atomic mass is 16.3. The van der Waals surface area contributed by atoms with E-state index in [-0.39, 0.29) is 6.54 Å². The third kappa shape index (κ3) is 4.25. The average Bonchev–Trinajstić information content (AvgIpc) is 1.99. The fraction of sp³-hybridized carbons (Fsp3) is 0.800. The number of rotatable bonds is 4. The van der Waals surface area contributed by atoms with Crippen molar-refractivity contribution >= 4 is 5.91 Å². The molecule has 1 atom stereocenters. The zero-order valence-electron chi connectivity index (χ0n) is 5.40. The molecule has 0 aromatic heterocycles. The maximum atomic E-state index is 10.2. The number of hydrogen-bond donors (Lipinski definition) is 3. The Kier molecular flexibility index (Phi) is 4.82. The van der Waals surface area contributed by atoms with Gasteiger partial charge in [0.2, 0.25) is 0 Å². The van der Waals surface area contributed by atoms with Crippen LogP contribution in [-0.2, 0) is 4.79 Å². The maximum Gasteiger partial charge on any atom is 0.266 e. The Balaban J connectivity index is 3.26. The molecule has 59 valence electrons. The molecule has 10 heavy (non-hydrogen) atoms. The molecule has 0 spiro atoms. The fourth-order valence-corrected chi connectivity index (χ4v) is 0.315. The monoisotopic (exact) mass is 148 g/mol. The summed E-state index contributed by atoms with van der Waals surface area (Å²) < 4.78 is 0. The lowest BCUT2D eigenvalue weighted by atomic mass is 10.4. The summed E-state index contributed by atoms with van der Waals surface area (Å²) in [5.41, 5.74) is 0. The van der Waals surface area contributed by atoms with Crippen LogP contribution in [0.1, 0.15) is 0 Å². The molecule has 0 heterocycles. The van der Waals surface area contributed by atoms with Gasteiger partial charge in [0.15, 0.2) is 0 Å². The lowest BCUT2D eigenvalue weighted by Gasteiger charge is -2.03. The number of amides is 1. The number of carbonyl (C=O) groups is 1. The smallest absolute Gasteiger partial charge is 0.266 e. The van der Waals surface area contributed by atoms with Crippen molar-refractivity contribution in [3.05, 3.63) is 0 Å². The molecule has 0 saturated carbocycles. The van der Waals surface area contributed by atoms with E-state index >= 15 is 0 Å². The average molecular weight is 148 g/mol. The van der Waals surface area contributed by atoms with Gasteiger partial charge in [-0.3, -0.25) is 4.79 Å². The van der Waals surface area contributed by atoms with Gasteiger partial charge in [0.1, 0.15) is 6.61 Å². The normalized spacial score (nSPS) is 12.7. The van der Waals surface area contributed by atoms with E-state index in [1.54, 1.807) is 0 Å². The van der Waals surface area contributed by atoms with Crippen LogP contribution in [0.15, 0.2) is 0 Å². The van der Waals surface area contributed by atoms with Crippen molar-refractivity contribution in [1.29, 1.82) is 0 Å². The van der Waals surface area contributed by atoms with Gasteiger partial charge in [-0.25, -0.2) is 5.32 Å². The van der Waals surface area contributed by atoms with Crippen LogP contribution >= 0.6 is 0 Å². The van der Waals surface area contributed by atoms with Gasteiger partial charge in [-0.1, -0.05) is 0 Å². The van der Waals surface area contributed by atoms with Crippen LogP contribution in [0, 0.1) is 0 Å². The maximum absolute atomic E-state index is 10.2. The Morgan fingerprint density at radius 3 is 2.50 bits per heavy atom. The van der Waals surface area contributed by atoms with E-state index in [4.69, 9.17) is 15.3 Å². The first kappa shape index (κ1) is 9.35. The summed E-state index contributed by atoms with van der Waals surface area (Å²) in [5.74, 6) is -0.687. The number of carbonyl (C=O) groups excluding carboxylic acids is 1. The number of aliphatic hydroxyl groups is 3.